The van der Waals surface area contributed by atoms with Crippen molar-refractivity contribution in [3.63, 3.8) is 0 Å². The highest BCUT2D eigenvalue weighted by Gasteiger charge is 2.15. The topological polar surface area (TPSA) is 90.4 Å². The number of aromatic nitrogens is 2. The number of carbonyl (C=O) groups excluding carboxylic acids is 1. The van der Waals surface area contributed by atoms with Gasteiger partial charge in [0.15, 0.2) is 0 Å². The quantitative estimate of drug-likeness (QED) is 0.717. The molecule has 7 heteroatoms. The van der Waals surface area contributed by atoms with E-state index in [4.69, 9.17) is 22.1 Å². The minimum absolute atomic E-state index is 0.0764. The zero-order valence-electron chi connectivity index (χ0n) is 12.8. The summed E-state index contributed by atoms with van der Waals surface area (Å²) in [4.78, 5) is 15.5. The summed E-state index contributed by atoms with van der Waals surface area (Å²) >= 11 is 6.29. The van der Waals surface area contributed by atoms with Crippen molar-refractivity contribution in [2.75, 3.05) is 0 Å². The number of imidazole rings is 1. The Labute approximate surface area is 143 Å². The van der Waals surface area contributed by atoms with Crippen molar-refractivity contribution in [3.8, 4) is 5.75 Å². The maximum absolute atomic E-state index is 11.2. The van der Waals surface area contributed by atoms with Gasteiger partial charge in [0.2, 0.25) is 5.91 Å². The van der Waals surface area contributed by atoms with E-state index >= 15 is 0 Å². The molecule has 1 heterocycles. The van der Waals surface area contributed by atoms with E-state index in [0.29, 0.717) is 34.2 Å². The van der Waals surface area contributed by atoms with E-state index in [1.165, 1.54) is 0 Å². The van der Waals surface area contributed by atoms with Crippen molar-refractivity contribution in [3.05, 3.63) is 58.9 Å². The fourth-order valence-electron chi connectivity index (χ4n) is 2.48. The fraction of sp³-hybridized carbons (Fsp3) is 0.176. The Morgan fingerprint density at radius 2 is 2.04 bits per heavy atom. The molecule has 124 valence electrons. The third-order valence-corrected chi connectivity index (χ3v) is 3.87. The lowest BCUT2D eigenvalue weighted by atomic mass is 10.2. The Morgan fingerprint density at radius 3 is 2.71 bits per heavy atom. The molecule has 1 amide bonds. The molecule has 3 aromatic rings. The van der Waals surface area contributed by atoms with Crippen molar-refractivity contribution in [2.45, 2.75) is 19.8 Å². The first-order valence-corrected chi connectivity index (χ1v) is 7.71. The van der Waals surface area contributed by atoms with Crippen LogP contribution in [0.2, 0.25) is 5.02 Å². The van der Waals surface area contributed by atoms with Crippen LogP contribution in [0.1, 0.15) is 11.4 Å². The normalized spacial score (nSPS) is 10.9. The van der Waals surface area contributed by atoms with Gasteiger partial charge in [-0.1, -0.05) is 41.9 Å². The van der Waals surface area contributed by atoms with Gasteiger partial charge in [-0.15, -0.1) is 0 Å². The Kier molecular flexibility index (Phi) is 4.69. The molecule has 0 unspecified atom stereocenters. The minimum Gasteiger partial charge on any atom is -0.487 e. The van der Waals surface area contributed by atoms with E-state index in [-0.39, 0.29) is 13.2 Å². The van der Waals surface area contributed by atoms with E-state index in [9.17, 15) is 9.90 Å². The fourth-order valence-corrected chi connectivity index (χ4v) is 2.69. The summed E-state index contributed by atoms with van der Waals surface area (Å²) < 4.78 is 7.31. The van der Waals surface area contributed by atoms with Gasteiger partial charge < -0.3 is 20.1 Å². The number of rotatable bonds is 6. The second kappa shape index (κ2) is 6.90. The number of halogens is 1. The molecule has 6 nitrogen and oxygen atoms in total. The Balaban J connectivity index is 1.93. The molecule has 0 aliphatic heterocycles. The second-order valence-corrected chi connectivity index (χ2v) is 5.69. The average molecular weight is 346 g/mol. The summed E-state index contributed by atoms with van der Waals surface area (Å²) in [6, 6.07) is 13.1. The number of carbonyl (C=O) groups is 1. The summed E-state index contributed by atoms with van der Waals surface area (Å²) in [5.74, 6) is 0.311. The third-order valence-electron chi connectivity index (χ3n) is 3.57. The number of benzene rings is 2. The highest BCUT2D eigenvalue weighted by atomic mass is 35.5. The summed E-state index contributed by atoms with van der Waals surface area (Å²) in [5.41, 5.74) is 7.47. The zero-order chi connectivity index (χ0) is 17.1. The van der Waals surface area contributed by atoms with Crippen LogP contribution < -0.4 is 10.5 Å². The van der Waals surface area contributed by atoms with Crippen LogP contribution in [0.25, 0.3) is 11.0 Å². The summed E-state index contributed by atoms with van der Waals surface area (Å²) in [6.45, 7) is -0.00631. The highest BCUT2D eigenvalue weighted by Crippen LogP contribution is 2.31. The van der Waals surface area contributed by atoms with Gasteiger partial charge in [-0.05, 0) is 11.6 Å². The number of nitrogens with zero attached hydrogens (tertiary/aromatic N) is 2. The van der Waals surface area contributed by atoms with E-state index in [1.54, 1.807) is 16.7 Å². The van der Waals surface area contributed by atoms with Crippen molar-refractivity contribution in [1.29, 1.82) is 0 Å². The lowest BCUT2D eigenvalue weighted by Crippen LogP contribution is -2.20. The van der Waals surface area contributed by atoms with Gasteiger partial charge in [0.25, 0.3) is 0 Å². The summed E-state index contributed by atoms with van der Waals surface area (Å²) in [6.07, 6.45) is 0. The van der Waals surface area contributed by atoms with Crippen LogP contribution >= 0.6 is 11.6 Å². The molecule has 0 radical (unpaired) electrons. The first-order chi connectivity index (χ1) is 11.6. The van der Waals surface area contributed by atoms with Crippen molar-refractivity contribution in [2.24, 2.45) is 5.73 Å². The van der Waals surface area contributed by atoms with Crippen LogP contribution in [0.3, 0.4) is 0 Å². The molecular formula is C17H16ClN3O3. The molecule has 0 bridgehead atoms. The Hall–Kier alpha value is -2.57. The van der Waals surface area contributed by atoms with E-state index in [0.717, 1.165) is 5.56 Å². The largest absolute Gasteiger partial charge is 0.487 e. The predicted octanol–water partition coefficient (Wildman–Crippen LogP) is 2.25. The monoisotopic (exact) mass is 345 g/mol. The maximum Gasteiger partial charge on any atom is 0.237 e. The zero-order valence-corrected chi connectivity index (χ0v) is 13.5. The molecule has 1 aromatic heterocycles. The van der Waals surface area contributed by atoms with Gasteiger partial charge in [0.1, 0.15) is 31.3 Å². The Bertz CT molecular complexity index is 878. The van der Waals surface area contributed by atoms with E-state index < -0.39 is 5.91 Å². The number of aliphatic hydroxyl groups excluding tert-OH is 1. The van der Waals surface area contributed by atoms with Crippen LogP contribution in [-0.4, -0.2) is 20.6 Å². The molecule has 2 aromatic carbocycles. The van der Waals surface area contributed by atoms with Crippen LogP contribution in [0.4, 0.5) is 0 Å². The first-order valence-electron chi connectivity index (χ1n) is 7.33. The number of nitrogens with two attached hydrogens (primary N) is 1. The molecule has 0 aliphatic carbocycles. The number of amides is 1. The molecule has 24 heavy (non-hydrogen) atoms. The molecule has 0 spiro atoms. The van der Waals surface area contributed by atoms with Crippen molar-refractivity contribution >= 4 is 28.5 Å². The van der Waals surface area contributed by atoms with Gasteiger partial charge >= 0.3 is 0 Å². The number of fused-ring (bicyclic) bond motifs is 1. The predicted molar refractivity (Wildman–Crippen MR) is 90.6 cm³/mol. The lowest BCUT2D eigenvalue weighted by Gasteiger charge is -2.09. The van der Waals surface area contributed by atoms with Crippen LogP contribution in [0, 0.1) is 0 Å². The SMILES string of the molecule is NC(=O)Cn1c(CO)nc2cc(OCc3ccccc3)c(Cl)cc21. The first kappa shape index (κ1) is 16.3. The van der Waals surface area contributed by atoms with Crippen LogP contribution in [0.5, 0.6) is 5.75 Å². The van der Waals surface area contributed by atoms with Crippen LogP contribution in [0.15, 0.2) is 42.5 Å². The van der Waals surface area contributed by atoms with E-state index in [1.807, 2.05) is 30.3 Å². The molecule has 3 rings (SSSR count). The van der Waals surface area contributed by atoms with Crippen molar-refractivity contribution in [1.82, 2.24) is 9.55 Å². The standard InChI is InChI=1S/C17H16ClN3O3/c18-12-6-14-13(20-17(9-22)21(14)8-16(19)23)7-15(12)24-10-11-4-2-1-3-5-11/h1-7,22H,8-10H2,(H2,19,23). The maximum atomic E-state index is 11.2. The molecule has 0 saturated heterocycles. The number of ether oxygens (including phenoxy) is 1. The molecule has 0 aliphatic rings. The van der Waals surface area contributed by atoms with E-state index in [2.05, 4.69) is 4.98 Å². The summed E-state index contributed by atoms with van der Waals surface area (Å²) in [5, 5.41) is 9.82. The van der Waals surface area contributed by atoms with Crippen LogP contribution in [-0.2, 0) is 24.6 Å². The molecule has 0 atom stereocenters. The summed E-state index contributed by atoms with van der Waals surface area (Å²) in [7, 11) is 0. The van der Waals surface area contributed by atoms with Crippen molar-refractivity contribution < 1.29 is 14.6 Å². The number of hydrogen-bond donors (Lipinski definition) is 2. The molecule has 3 N–H and O–H groups in total. The minimum atomic E-state index is -0.524. The number of hydrogen-bond acceptors (Lipinski definition) is 4. The van der Waals surface area contributed by atoms with Gasteiger partial charge in [0.05, 0.1) is 16.1 Å². The average Bonchev–Trinajstić information content (AvgIpc) is 2.90. The highest BCUT2D eigenvalue weighted by molar-refractivity contribution is 6.32. The van der Waals surface area contributed by atoms with Gasteiger partial charge in [-0.25, -0.2) is 4.98 Å². The number of primary amides is 1. The number of aliphatic hydroxyl groups is 1. The van der Waals surface area contributed by atoms with Gasteiger partial charge in [-0.3, -0.25) is 4.79 Å². The Morgan fingerprint density at radius 1 is 1.29 bits per heavy atom. The molecule has 0 saturated carbocycles. The second-order valence-electron chi connectivity index (χ2n) is 5.28. The molecular weight excluding hydrogens is 330 g/mol. The molecule has 0 fully saturated rings. The van der Waals surface area contributed by atoms with Gasteiger partial charge in [0, 0.05) is 6.07 Å². The smallest absolute Gasteiger partial charge is 0.237 e. The van der Waals surface area contributed by atoms with Gasteiger partial charge in [-0.2, -0.15) is 0 Å². The third kappa shape index (κ3) is 3.34. The lowest BCUT2D eigenvalue weighted by molar-refractivity contribution is -0.118.